The summed E-state index contributed by atoms with van der Waals surface area (Å²) >= 11 is 1.38. The second-order valence-electron chi connectivity index (χ2n) is 5.30. The number of rotatable bonds is 4. The molecule has 0 radical (unpaired) electrons. The average Bonchev–Trinajstić information content (AvgIpc) is 3.26. The number of carbonyl (C=O) groups is 2. The predicted molar refractivity (Wildman–Crippen MR) is 87.8 cm³/mol. The van der Waals surface area contributed by atoms with Crippen molar-refractivity contribution >= 4 is 34.4 Å². The number of hydrogen-bond acceptors (Lipinski definition) is 5. The smallest absolute Gasteiger partial charge is 0.246 e. The van der Waals surface area contributed by atoms with Crippen molar-refractivity contribution < 1.29 is 14.0 Å². The Balaban J connectivity index is 1.57. The molecule has 1 fully saturated rings. The molecule has 1 unspecified atom stereocenters. The Morgan fingerprint density at radius 2 is 2.39 bits per heavy atom. The second-order valence-corrected chi connectivity index (χ2v) is 6.19. The highest BCUT2D eigenvalue weighted by Crippen LogP contribution is 2.20. The molecule has 1 N–H and O–H groups in total. The zero-order valence-electron chi connectivity index (χ0n) is 12.5. The van der Waals surface area contributed by atoms with Gasteiger partial charge in [-0.05, 0) is 31.1 Å². The molecule has 23 heavy (non-hydrogen) atoms. The fourth-order valence-electron chi connectivity index (χ4n) is 2.53. The first kappa shape index (κ1) is 15.5. The van der Waals surface area contributed by atoms with E-state index in [4.69, 9.17) is 4.42 Å². The van der Waals surface area contributed by atoms with Gasteiger partial charge in [0.25, 0.3) is 0 Å². The lowest BCUT2D eigenvalue weighted by Crippen LogP contribution is -2.43. The van der Waals surface area contributed by atoms with E-state index in [0.29, 0.717) is 24.0 Å². The summed E-state index contributed by atoms with van der Waals surface area (Å²) in [4.78, 5) is 30.2. The summed E-state index contributed by atoms with van der Waals surface area (Å²) in [5.41, 5.74) is 0. The van der Waals surface area contributed by atoms with Gasteiger partial charge < -0.3 is 14.6 Å². The summed E-state index contributed by atoms with van der Waals surface area (Å²) in [5, 5.41) is 5.21. The molecular weight excluding hydrogens is 314 g/mol. The van der Waals surface area contributed by atoms with E-state index < -0.39 is 0 Å². The van der Waals surface area contributed by atoms with E-state index in [9.17, 15) is 9.59 Å². The minimum absolute atomic E-state index is 0.0764. The lowest BCUT2D eigenvalue weighted by Gasteiger charge is -2.31. The van der Waals surface area contributed by atoms with Gasteiger partial charge in [-0.2, -0.15) is 0 Å². The summed E-state index contributed by atoms with van der Waals surface area (Å²) in [7, 11) is 0. The molecule has 0 aromatic carbocycles. The quantitative estimate of drug-likeness (QED) is 0.874. The minimum atomic E-state index is -0.200. The first-order valence-electron chi connectivity index (χ1n) is 7.43. The number of amides is 2. The lowest BCUT2D eigenvalue weighted by molar-refractivity contribution is -0.130. The second kappa shape index (κ2) is 7.23. The maximum atomic E-state index is 12.3. The Morgan fingerprint density at radius 3 is 3.13 bits per heavy atom. The van der Waals surface area contributed by atoms with Gasteiger partial charge in [0.1, 0.15) is 5.76 Å². The Bertz CT molecular complexity index is 680. The van der Waals surface area contributed by atoms with Crippen LogP contribution in [0.4, 0.5) is 5.13 Å². The van der Waals surface area contributed by atoms with Crippen LogP contribution in [0.15, 0.2) is 40.5 Å². The number of aromatic nitrogens is 1. The highest BCUT2D eigenvalue weighted by molar-refractivity contribution is 7.13. The zero-order valence-corrected chi connectivity index (χ0v) is 13.3. The number of hydrogen-bond donors (Lipinski definition) is 1. The van der Waals surface area contributed by atoms with Gasteiger partial charge in [-0.1, -0.05) is 0 Å². The number of anilines is 1. The molecule has 120 valence electrons. The number of likely N-dealkylation sites (tertiary alicyclic amines) is 1. The van der Waals surface area contributed by atoms with Gasteiger partial charge in [-0.25, -0.2) is 4.98 Å². The molecule has 1 atom stereocenters. The van der Waals surface area contributed by atoms with Crippen LogP contribution in [0.3, 0.4) is 0 Å². The summed E-state index contributed by atoms with van der Waals surface area (Å²) in [6, 6.07) is 3.55. The van der Waals surface area contributed by atoms with Crippen molar-refractivity contribution in [3.05, 3.63) is 41.8 Å². The summed E-state index contributed by atoms with van der Waals surface area (Å²) in [6.07, 6.45) is 7.93. The molecule has 2 aromatic heterocycles. The highest BCUT2D eigenvalue weighted by Gasteiger charge is 2.27. The molecule has 3 heterocycles. The van der Waals surface area contributed by atoms with Crippen LogP contribution in [0.1, 0.15) is 18.6 Å². The van der Waals surface area contributed by atoms with Gasteiger partial charge in [0.15, 0.2) is 5.13 Å². The Morgan fingerprint density at radius 1 is 1.48 bits per heavy atom. The summed E-state index contributed by atoms with van der Waals surface area (Å²) in [6.45, 7) is 1.10. The van der Waals surface area contributed by atoms with Crippen molar-refractivity contribution in [3.63, 3.8) is 0 Å². The lowest BCUT2D eigenvalue weighted by atomic mass is 9.97. The molecule has 1 aliphatic rings. The maximum Gasteiger partial charge on any atom is 0.246 e. The fraction of sp³-hybridized carbons (Fsp3) is 0.312. The van der Waals surface area contributed by atoms with E-state index in [0.717, 1.165) is 12.8 Å². The van der Waals surface area contributed by atoms with Gasteiger partial charge in [0.05, 0.1) is 12.2 Å². The normalized spacial score (nSPS) is 18.3. The molecule has 6 nitrogen and oxygen atoms in total. The van der Waals surface area contributed by atoms with Crippen LogP contribution >= 0.6 is 11.3 Å². The van der Waals surface area contributed by atoms with E-state index in [2.05, 4.69) is 10.3 Å². The van der Waals surface area contributed by atoms with Crippen molar-refractivity contribution in [1.29, 1.82) is 0 Å². The number of carbonyl (C=O) groups excluding carboxylic acids is 2. The SMILES string of the molecule is O=C(Nc1nccs1)C1CCCN(C(=O)/C=C/c2ccco2)C1. The summed E-state index contributed by atoms with van der Waals surface area (Å²) in [5.74, 6) is 0.252. The molecule has 0 bridgehead atoms. The average molecular weight is 331 g/mol. The molecule has 0 spiro atoms. The fourth-order valence-corrected chi connectivity index (χ4v) is 3.06. The van der Waals surface area contributed by atoms with Crippen molar-refractivity contribution in [2.45, 2.75) is 12.8 Å². The molecule has 3 rings (SSSR count). The number of piperidine rings is 1. The minimum Gasteiger partial charge on any atom is -0.465 e. The summed E-state index contributed by atoms with van der Waals surface area (Å²) < 4.78 is 5.16. The standard InChI is InChI=1S/C16H17N3O3S/c20-14(6-5-13-4-2-9-22-13)19-8-1-3-12(11-19)15(21)18-16-17-7-10-23-16/h2,4-7,9-10,12H,1,3,8,11H2,(H,17,18,21)/b6-5+. The van der Waals surface area contributed by atoms with Crippen molar-refractivity contribution in [2.24, 2.45) is 5.92 Å². The largest absolute Gasteiger partial charge is 0.465 e. The third-order valence-electron chi connectivity index (χ3n) is 3.70. The van der Waals surface area contributed by atoms with Crippen molar-refractivity contribution in [3.8, 4) is 0 Å². The van der Waals surface area contributed by atoms with Crippen LogP contribution in [-0.2, 0) is 9.59 Å². The van der Waals surface area contributed by atoms with E-state index in [1.165, 1.54) is 17.4 Å². The molecular formula is C16H17N3O3S. The number of furan rings is 1. The van der Waals surface area contributed by atoms with Crippen LogP contribution < -0.4 is 5.32 Å². The van der Waals surface area contributed by atoms with Gasteiger partial charge >= 0.3 is 0 Å². The topological polar surface area (TPSA) is 75.4 Å². The predicted octanol–water partition coefficient (Wildman–Crippen LogP) is 2.63. The molecule has 0 saturated carbocycles. The van der Waals surface area contributed by atoms with Crippen LogP contribution in [0.2, 0.25) is 0 Å². The highest BCUT2D eigenvalue weighted by atomic mass is 32.1. The van der Waals surface area contributed by atoms with E-state index in [1.54, 1.807) is 35.6 Å². The number of thiazole rings is 1. The van der Waals surface area contributed by atoms with Gasteiger partial charge in [-0.15, -0.1) is 11.3 Å². The molecule has 0 aliphatic carbocycles. The van der Waals surface area contributed by atoms with Crippen molar-refractivity contribution in [1.82, 2.24) is 9.88 Å². The molecule has 2 amide bonds. The van der Waals surface area contributed by atoms with E-state index >= 15 is 0 Å². The van der Waals surface area contributed by atoms with Crippen LogP contribution in [0.5, 0.6) is 0 Å². The van der Waals surface area contributed by atoms with E-state index in [1.807, 2.05) is 5.38 Å². The molecule has 1 aliphatic heterocycles. The third kappa shape index (κ3) is 4.07. The molecule has 7 heteroatoms. The van der Waals surface area contributed by atoms with Gasteiger partial charge in [0, 0.05) is 30.7 Å². The van der Waals surface area contributed by atoms with Crippen LogP contribution in [0, 0.1) is 5.92 Å². The number of nitrogens with zero attached hydrogens (tertiary/aromatic N) is 2. The Labute approximate surface area is 137 Å². The molecule has 2 aromatic rings. The number of nitrogens with one attached hydrogen (secondary N) is 1. The van der Waals surface area contributed by atoms with Crippen LogP contribution in [0.25, 0.3) is 6.08 Å². The zero-order chi connectivity index (χ0) is 16.1. The van der Waals surface area contributed by atoms with Gasteiger partial charge in [-0.3, -0.25) is 9.59 Å². The first-order chi connectivity index (χ1) is 11.2. The van der Waals surface area contributed by atoms with Gasteiger partial charge in [0.2, 0.25) is 11.8 Å². The molecule has 1 saturated heterocycles. The first-order valence-corrected chi connectivity index (χ1v) is 8.31. The monoisotopic (exact) mass is 331 g/mol. The van der Waals surface area contributed by atoms with Crippen molar-refractivity contribution in [2.75, 3.05) is 18.4 Å². The third-order valence-corrected chi connectivity index (χ3v) is 4.39. The van der Waals surface area contributed by atoms with Crippen LogP contribution in [-0.4, -0.2) is 34.8 Å². The maximum absolute atomic E-state index is 12.3. The van der Waals surface area contributed by atoms with E-state index in [-0.39, 0.29) is 17.7 Å². The Kier molecular flexibility index (Phi) is 4.87. The Hall–Kier alpha value is -2.41.